The zero-order valence-corrected chi connectivity index (χ0v) is 14.2. The van der Waals surface area contributed by atoms with E-state index < -0.39 is 0 Å². The Labute approximate surface area is 135 Å². The molecule has 0 unspecified atom stereocenters. The molecule has 0 heterocycles. The lowest BCUT2D eigenvalue weighted by Gasteiger charge is -2.35. The molecule has 2 aromatic carbocycles. The van der Waals surface area contributed by atoms with Crippen LogP contribution in [0.5, 0.6) is 0 Å². The topological polar surface area (TPSA) is 24.1 Å². The summed E-state index contributed by atoms with van der Waals surface area (Å²) in [5, 5.41) is 7.36. The third kappa shape index (κ3) is 4.27. The Hall–Kier alpha value is -1.96. The van der Waals surface area contributed by atoms with E-state index in [0.717, 1.165) is 19.4 Å². The molecule has 0 bridgehead atoms. The summed E-state index contributed by atoms with van der Waals surface area (Å²) in [5.74, 6) is 0. The SMILES string of the molecule is CCC(CC)(CNc1cccc(C)c1)Nc1cccc(C)c1. The monoisotopic (exact) mass is 296 g/mol. The number of rotatable bonds is 7. The Bertz CT molecular complexity index is 600. The van der Waals surface area contributed by atoms with Gasteiger partial charge in [0.1, 0.15) is 0 Å². The minimum absolute atomic E-state index is 0.0670. The summed E-state index contributed by atoms with van der Waals surface area (Å²) in [7, 11) is 0. The van der Waals surface area contributed by atoms with Crippen molar-refractivity contribution in [3.05, 3.63) is 59.7 Å². The highest BCUT2D eigenvalue weighted by molar-refractivity contribution is 5.50. The predicted octanol–water partition coefficient (Wildman–Crippen LogP) is 5.39. The fourth-order valence-electron chi connectivity index (χ4n) is 2.78. The molecule has 2 aromatic rings. The van der Waals surface area contributed by atoms with Crippen molar-refractivity contribution in [2.24, 2.45) is 0 Å². The largest absolute Gasteiger partial charge is 0.383 e. The van der Waals surface area contributed by atoms with Crippen LogP contribution in [0.1, 0.15) is 37.8 Å². The summed E-state index contributed by atoms with van der Waals surface area (Å²) in [6.45, 7) is 9.69. The minimum Gasteiger partial charge on any atom is -0.383 e. The molecule has 2 N–H and O–H groups in total. The molecule has 22 heavy (non-hydrogen) atoms. The Morgan fingerprint density at radius 2 is 1.36 bits per heavy atom. The van der Waals surface area contributed by atoms with E-state index in [-0.39, 0.29) is 5.54 Å². The second kappa shape index (κ2) is 7.35. The van der Waals surface area contributed by atoms with Crippen LogP contribution >= 0.6 is 0 Å². The molecule has 2 nitrogen and oxygen atoms in total. The highest BCUT2D eigenvalue weighted by atomic mass is 15.0. The van der Waals surface area contributed by atoms with Crippen LogP contribution < -0.4 is 10.6 Å². The highest BCUT2D eigenvalue weighted by Gasteiger charge is 2.25. The van der Waals surface area contributed by atoms with Gasteiger partial charge in [-0.2, -0.15) is 0 Å². The van der Waals surface area contributed by atoms with Gasteiger partial charge in [-0.3, -0.25) is 0 Å². The molecule has 0 radical (unpaired) electrons. The van der Waals surface area contributed by atoms with Gasteiger partial charge in [0.05, 0.1) is 5.54 Å². The van der Waals surface area contributed by atoms with Gasteiger partial charge in [-0.15, -0.1) is 0 Å². The lowest BCUT2D eigenvalue weighted by molar-refractivity contribution is 0.457. The molecule has 0 saturated carbocycles. The highest BCUT2D eigenvalue weighted by Crippen LogP contribution is 2.24. The molecule has 0 spiro atoms. The smallest absolute Gasteiger partial charge is 0.0540 e. The first-order valence-corrected chi connectivity index (χ1v) is 8.22. The Kier molecular flexibility index (Phi) is 5.48. The molecule has 118 valence electrons. The number of hydrogen-bond donors (Lipinski definition) is 2. The lowest BCUT2D eigenvalue weighted by Crippen LogP contribution is -2.43. The molecule has 2 heteroatoms. The van der Waals surface area contributed by atoms with Gasteiger partial charge in [0, 0.05) is 17.9 Å². The number of hydrogen-bond acceptors (Lipinski definition) is 2. The quantitative estimate of drug-likeness (QED) is 0.716. The number of anilines is 2. The third-order valence-electron chi connectivity index (χ3n) is 4.43. The molecular weight excluding hydrogens is 268 g/mol. The fraction of sp³-hybridized carbons (Fsp3) is 0.400. The molecule has 0 fully saturated rings. The van der Waals surface area contributed by atoms with Gasteiger partial charge < -0.3 is 10.6 Å². The normalized spacial score (nSPS) is 11.3. The van der Waals surface area contributed by atoms with E-state index in [1.807, 2.05) is 0 Å². The maximum Gasteiger partial charge on any atom is 0.0540 e. The second-order valence-electron chi connectivity index (χ2n) is 6.20. The van der Waals surface area contributed by atoms with Crippen molar-refractivity contribution < 1.29 is 0 Å². The van der Waals surface area contributed by atoms with Crippen molar-refractivity contribution in [3.8, 4) is 0 Å². The van der Waals surface area contributed by atoms with Gasteiger partial charge in [-0.05, 0) is 62.1 Å². The Morgan fingerprint density at radius 1 is 0.818 bits per heavy atom. The van der Waals surface area contributed by atoms with Crippen LogP contribution in [-0.2, 0) is 0 Å². The van der Waals surface area contributed by atoms with Crippen LogP contribution in [0.2, 0.25) is 0 Å². The molecule has 0 aliphatic carbocycles. The van der Waals surface area contributed by atoms with Crippen molar-refractivity contribution in [3.63, 3.8) is 0 Å². The van der Waals surface area contributed by atoms with E-state index in [2.05, 4.69) is 86.9 Å². The molecule has 0 saturated heterocycles. The van der Waals surface area contributed by atoms with E-state index in [0.29, 0.717) is 0 Å². The van der Waals surface area contributed by atoms with Crippen molar-refractivity contribution >= 4 is 11.4 Å². The lowest BCUT2D eigenvalue weighted by atomic mass is 9.92. The molecule has 0 atom stereocenters. The van der Waals surface area contributed by atoms with E-state index in [1.165, 1.54) is 22.5 Å². The molecule has 0 aliphatic heterocycles. The van der Waals surface area contributed by atoms with E-state index in [9.17, 15) is 0 Å². The van der Waals surface area contributed by atoms with Crippen LogP contribution in [0.25, 0.3) is 0 Å². The first-order chi connectivity index (χ1) is 10.6. The van der Waals surface area contributed by atoms with Crippen molar-refractivity contribution in [2.45, 2.75) is 46.1 Å². The third-order valence-corrected chi connectivity index (χ3v) is 4.43. The summed E-state index contributed by atoms with van der Waals surface area (Å²) in [6.07, 6.45) is 2.16. The van der Waals surface area contributed by atoms with Crippen molar-refractivity contribution in [1.29, 1.82) is 0 Å². The van der Waals surface area contributed by atoms with Gasteiger partial charge in [-0.25, -0.2) is 0 Å². The standard InChI is InChI=1S/C20H28N2/c1-5-20(6-2,22-19-12-8-10-17(4)14-19)15-21-18-11-7-9-16(3)13-18/h7-14,21-22H,5-6,15H2,1-4H3. The summed E-state index contributed by atoms with van der Waals surface area (Å²) < 4.78 is 0. The Balaban J connectivity index is 2.10. The van der Waals surface area contributed by atoms with Gasteiger partial charge in [0.2, 0.25) is 0 Å². The van der Waals surface area contributed by atoms with Crippen LogP contribution in [-0.4, -0.2) is 12.1 Å². The van der Waals surface area contributed by atoms with Gasteiger partial charge in [-0.1, -0.05) is 38.1 Å². The molecular formula is C20H28N2. The maximum absolute atomic E-state index is 3.76. The van der Waals surface area contributed by atoms with Crippen LogP contribution in [0.4, 0.5) is 11.4 Å². The Morgan fingerprint density at radius 3 is 1.91 bits per heavy atom. The first-order valence-electron chi connectivity index (χ1n) is 8.22. The zero-order valence-electron chi connectivity index (χ0n) is 14.2. The molecule has 0 aromatic heterocycles. The van der Waals surface area contributed by atoms with E-state index in [1.54, 1.807) is 0 Å². The van der Waals surface area contributed by atoms with Gasteiger partial charge in [0.15, 0.2) is 0 Å². The zero-order chi connectivity index (χ0) is 16.0. The van der Waals surface area contributed by atoms with E-state index >= 15 is 0 Å². The molecule has 2 rings (SSSR count). The van der Waals surface area contributed by atoms with Crippen molar-refractivity contribution in [2.75, 3.05) is 17.2 Å². The first kappa shape index (κ1) is 16.4. The van der Waals surface area contributed by atoms with Crippen molar-refractivity contribution in [1.82, 2.24) is 0 Å². The number of nitrogens with one attached hydrogen (secondary N) is 2. The summed E-state index contributed by atoms with van der Waals surface area (Å²) in [4.78, 5) is 0. The van der Waals surface area contributed by atoms with Crippen LogP contribution in [0, 0.1) is 13.8 Å². The number of aryl methyl sites for hydroxylation is 2. The summed E-state index contributed by atoms with van der Waals surface area (Å²) in [5.41, 5.74) is 5.04. The fourth-order valence-corrected chi connectivity index (χ4v) is 2.78. The average molecular weight is 296 g/mol. The molecule has 0 amide bonds. The number of benzene rings is 2. The minimum atomic E-state index is 0.0670. The van der Waals surface area contributed by atoms with Crippen LogP contribution in [0.3, 0.4) is 0 Å². The predicted molar refractivity (Wildman–Crippen MR) is 97.8 cm³/mol. The average Bonchev–Trinajstić information content (AvgIpc) is 2.52. The summed E-state index contributed by atoms with van der Waals surface area (Å²) in [6, 6.07) is 17.2. The second-order valence-corrected chi connectivity index (χ2v) is 6.20. The van der Waals surface area contributed by atoms with Gasteiger partial charge >= 0.3 is 0 Å². The molecule has 0 aliphatic rings. The van der Waals surface area contributed by atoms with Gasteiger partial charge in [0.25, 0.3) is 0 Å². The summed E-state index contributed by atoms with van der Waals surface area (Å²) >= 11 is 0. The van der Waals surface area contributed by atoms with Crippen LogP contribution in [0.15, 0.2) is 48.5 Å². The van der Waals surface area contributed by atoms with E-state index in [4.69, 9.17) is 0 Å². The maximum atomic E-state index is 3.76.